The highest BCUT2D eigenvalue weighted by molar-refractivity contribution is 5.94. The van der Waals surface area contributed by atoms with Crippen LogP contribution in [0.2, 0.25) is 0 Å². The number of piperidine rings is 1. The summed E-state index contributed by atoms with van der Waals surface area (Å²) in [5.74, 6) is 0.735. The molecule has 1 heterocycles. The number of carbonyl (C=O) groups is 2. The number of rotatable bonds is 4. The number of nitrogens with zero attached hydrogens (tertiary/aromatic N) is 1. The summed E-state index contributed by atoms with van der Waals surface area (Å²) in [4.78, 5) is 25.3. The maximum atomic E-state index is 12.5. The molecule has 0 aliphatic carbocycles. The number of hydrogen-bond donors (Lipinski definition) is 1. The molecule has 1 aliphatic rings. The molecule has 1 fully saturated rings. The second-order valence-electron chi connectivity index (χ2n) is 5.23. The SMILES string of the molecule is CCOc1cccc(C(=O)N2CCC(NC(C)=O)CC2)c1. The normalized spacial score (nSPS) is 15.6. The lowest BCUT2D eigenvalue weighted by Crippen LogP contribution is -2.46. The van der Waals surface area contributed by atoms with Crippen molar-refractivity contribution in [1.29, 1.82) is 0 Å². The molecule has 5 nitrogen and oxygen atoms in total. The average molecular weight is 290 g/mol. The van der Waals surface area contributed by atoms with Crippen molar-refractivity contribution in [2.45, 2.75) is 32.7 Å². The Balaban J connectivity index is 1.95. The number of ether oxygens (including phenoxy) is 1. The van der Waals surface area contributed by atoms with E-state index in [2.05, 4.69) is 5.32 Å². The monoisotopic (exact) mass is 290 g/mol. The van der Waals surface area contributed by atoms with Crippen LogP contribution in [0, 0.1) is 0 Å². The van der Waals surface area contributed by atoms with E-state index in [4.69, 9.17) is 4.74 Å². The van der Waals surface area contributed by atoms with Crippen LogP contribution in [0.4, 0.5) is 0 Å². The third kappa shape index (κ3) is 4.21. The fourth-order valence-electron chi connectivity index (χ4n) is 2.58. The van der Waals surface area contributed by atoms with Gasteiger partial charge in [0.15, 0.2) is 0 Å². The summed E-state index contributed by atoms with van der Waals surface area (Å²) < 4.78 is 5.43. The first kappa shape index (κ1) is 15.4. The molecule has 0 unspecified atom stereocenters. The zero-order valence-corrected chi connectivity index (χ0v) is 12.6. The summed E-state index contributed by atoms with van der Waals surface area (Å²) in [7, 11) is 0. The number of likely N-dealkylation sites (tertiary alicyclic amines) is 1. The molecule has 1 aliphatic heterocycles. The second-order valence-corrected chi connectivity index (χ2v) is 5.23. The van der Waals surface area contributed by atoms with Crippen LogP contribution >= 0.6 is 0 Å². The molecule has 1 aromatic rings. The highest BCUT2D eigenvalue weighted by Gasteiger charge is 2.24. The van der Waals surface area contributed by atoms with E-state index in [-0.39, 0.29) is 17.9 Å². The fraction of sp³-hybridized carbons (Fsp3) is 0.500. The average Bonchev–Trinajstić information content (AvgIpc) is 2.47. The minimum atomic E-state index is -0.0100. The number of amides is 2. The fourth-order valence-corrected chi connectivity index (χ4v) is 2.58. The molecule has 0 atom stereocenters. The van der Waals surface area contributed by atoms with Crippen LogP contribution in [0.25, 0.3) is 0 Å². The van der Waals surface area contributed by atoms with Gasteiger partial charge in [0, 0.05) is 31.6 Å². The summed E-state index contributed by atoms with van der Waals surface area (Å²) in [6, 6.07) is 7.46. The van der Waals surface area contributed by atoms with Gasteiger partial charge in [-0.1, -0.05) is 6.07 Å². The van der Waals surface area contributed by atoms with E-state index in [0.29, 0.717) is 25.3 Å². The summed E-state index contributed by atoms with van der Waals surface area (Å²) in [5, 5.41) is 2.91. The minimum Gasteiger partial charge on any atom is -0.494 e. The lowest BCUT2D eigenvalue weighted by atomic mass is 10.0. The first-order valence-electron chi connectivity index (χ1n) is 7.39. The van der Waals surface area contributed by atoms with Crippen molar-refractivity contribution in [3.8, 4) is 5.75 Å². The highest BCUT2D eigenvalue weighted by Crippen LogP contribution is 2.18. The van der Waals surface area contributed by atoms with Crippen LogP contribution in [-0.2, 0) is 4.79 Å². The first-order valence-corrected chi connectivity index (χ1v) is 7.39. The van der Waals surface area contributed by atoms with Crippen LogP contribution in [-0.4, -0.2) is 42.5 Å². The number of hydrogen-bond acceptors (Lipinski definition) is 3. The number of benzene rings is 1. The van der Waals surface area contributed by atoms with E-state index >= 15 is 0 Å². The Morgan fingerprint density at radius 2 is 2.05 bits per heavy atom. The molecule has 0 spiro atoms. The maximum Gasteiger partial charge on any atom is 0.253 e. The number of carbonyl (C=O) groups excluding carboxylic acids is 2. The van der Waals surface area contributed by atoms with Gasteiger partial charge < -0.3 is 15.0 Å². The van der Waals surface area contributed by atoms with E-state index in [1.807, 2.05) is 30.0 Å². The summed E-state index contributed by atoms with van der Waals surface area (Å²) >= 11 is 0. The van der Waals surface area contributed by atoms with Crippen molar-refractivity contribution < 1.29 is 14.3 Å². The van der Waals surface area contributed by atoms with Gasteiger partial charge in [0.1, 0.15) is 5.75 Å². The van der Waals surface area contributed by atoms with Crippen molar-refractivity contribution in [1.82, 2.24) is 10.2 Å². The Morgan fingerprint density at radius 1 is 1.33 bits per heavy atom. The topological polar surface area (TPSA) is 58.6 Å². The quantitative estimate of drug-likeness (QED) is 0.920. The molecular formula is C16H22N2O3. The Bertz CT molecular complexity index is 508. The zero-order chi connectivity index (χ0) is 15.2. The van der Waals surface area contributed by atoms with Gasteiger partial charge in [-0.2, -0.15) is 0 Å². The Labute approximate surface area is 125 Å². The zero-order valence-electron chi connectivity index (χ0n) is 12.6. The first-order chi connectivity index (χ1) is 10.1. The largest absolute Gasteiger partial charge is 0.494 e. The van der Waals surface area contributed by atoms with Crippen LogP contribution in [0.1, 0.15) is 37.0 Å². The predicted molar refractivity (Wildman–Crippen MR) is 80.4 cm³/mol. The van der Waals surface area contributed by atoms with E-state index in [1.165, 1.54) is 6.92 Å². The molecule has 2 amide bonds. The van der Waals surface area contributed by atoms with Crippen LogP contribution in [0.3, 0.4) is 0 Å². The lowest BCUT2D eigenvalue weighted by Gasteiger charge is -2.32. The van der Waals surface area contributed by atoms with Gasteiger partial charge in [-0.15, -0.1) is 0 Å². The molecule has 1 N–H and O–H groups in total. The van der Waals surface area contributed by atoms with Crippen molar-refractivity contribution >= 4 is 11.8 Å². The smallest absolute Gasteiger partial charge is 0.253 e. The van der Waals surface area contributed by atoms with Crippen LogP contribution in [0.15, 0.2) is 24.3 Å². The van der Waals surface area contributed by atoms with Crippen molar-refractivity contribution in [2.24, 2.45) is 0 Å². The molecule has 5 heteroatoms. The van der Waals surface area contributed by atoms with Gasteiger partial charge in [-0.25, -0.2) is 0 Å². The predicted octanol–water partition coefficient (Wildman–Crippen LogP) is 1.83. The molecule has 2 rings (SSSR count). The van der Waals surface area contributed by atoms with Gasteiger partial charge in [0.05, 0.1) is 6.61 Å². The molecular weight excluding hydrogens is 268 g/mol. The molecule has 21 heavy (non-hydrogen) atoms. The highest BCUT2D eigenvalue weighted by atomic mass is 16.5. The third-order valence-electron chi connectivity index (χ3n) is 3.58. The van der Waals surface area contributed by atoms with Crippen LogP contribution in [0.5, 0.6) is 5.75 Å². The molecule has 0 saturated carbocycles. The van der Waals surface area contributed by atoms with E-state index in [0.717, 1.165) is 18.6 Å². The standard InChI is InChI=1S/C16H22N2O3/c1-3-21-15-6-4-5-13(11-15)16(20)18-9-7-14(8-10-18)17-12(2)19/h4-6,11,14H,3,7-10H2,1-2H3,(H,17,19). The molecule has 0 aromatic heterocycles. The summed E-state index contributed by atoms with van der Waals surface area (Å²) in [6.45, 7) is 5.36. The van der Waals surface area contributed by atoms with Crippen LogP contribution < -0.4 is 10.1 Å². The molecule has 114 valence electrons. The van der Waals surface area contributed by atoms with E-state index in [9.17, 15) is 9.59 Å². The van der Waals surface area contributed by atoms with Gasteiger partial charge in [0.25, 0.3) is 5.91 Å². The molecule has 0 bridgehead atoms. The Hall–Kier alpha value is -2.04. The van der Waals surface area contributed by atoms with Gasteiger partial charge in [-0.3, -0.25) is 9.59 Å². The Morgan fingerprint density at radius 3 is 2.67 bits per heavy atom. The van der Waals surface area contributed by atoms with Crippen molar-refractivity contribution in [3.05, 3.63) is 29.8 Å². The van der Waals surface area contributed by atoms with Gasteiger partial charge >= 0.3 is 0 Å². The molecule has 1 saturated heterocycles. The minimum absolute atomic E-state index is 0.0100. The second kappa shape index (κ2) is 7.11. The summed E-state index contributed by atoms with van der Waals surface area (Å²) in [6.07, 6.45) is 1.60. The Kier molecular flexibility index (Phi) is 5.20. The van der Waals surface area contributed by atoms with Gasteiger partial charge in [0.2, 0.25) is 5.91 Å². The molecule has 0 radical (unpaired) electrons. The van der Waals surface area contributed by atoms with Crippen molar-refractivity contribution in [3.63, 3.8) is 0 Å². The third-order valence-corrected chi connectivity index (χ3v) is 3.58. The summed E-state index contributed by atoms with van der Waals surface area (Å²) in [5.41, 5.74) is 0.652. The number of nitrogens with one attached hydrogen (secondary N) is 1. The van der Waals surface area contributed by atoms with Gasteiger partial charge in [-0.05, 0) is 38.0 Å². The lowest BCUT2D eigenvalue weighted by molar-refractivity contribution is -0.119. The van der Waals surface area contributed by atoms with E-state index in [1.54, 1.807) is 6.07 Å². The van der Waals surface area contributed by atoms with Crippen molar-refractivity contribution in [2.75, 3.05) is 19.7 Å². The molecule has 1 aromatic carbocycles. The van der Waals surface area contributed by atoms with E-state index < -0.39 is 0 Å². The maximum absolute atomic E-state index is 12.5.